The van der Waals surface area contributed by atoms with E-state index in [1.807, 2.05) is 54.6 Å². The Bertz CT molecular complexity index is 1490. The second-order valence-electron chi connectivity index (χ2n) is 8.42. The fourth-order valence-electron chi connectivity index (χ4n) is 3.75. The predicted molar refractivity (Wildman–Crippen MR) is 148 cm³/mol. The van der Waals surface area contributed by atoms with Crippen LogP contribution in [-0.2, 0) is 0 Å². The van der Waals surface area contributed by atoms with Gasteiger partial charge in [0.2, 0.25) is 0 Å². The van der Waals surface area contributed by atoms with Crippen LogP contribution in [0.2, 0.25) is 0 Å². The van der Waals surface area contributed by atoms with Gasteiger partial charge >= 0.3 is 0 Å². The molecule has 5 aromatic carbocycles. The number of hydrogen-bond donors (Lipinski definition) is 2. The van der Waals surface area contributed by atoms with Crippen LogP contribution in [0.5, 0.6) is 17.2 Å². The van der Waals surface area contributed by atoms with Crippen molar-refractivity contribution in [1.82, 2.24) is 0 Å². The maximum atomic E-state index is 12.3. The van der Waals surface area contributed by atoms with Gasteiger partial charge in [-0.2, -0.15) is 0 Å². The molecule has 0 spiro atoms. The van der Waals surface area contributed by atoms with Gasteiger partial charge in [0.25, 0.3) is 0 Å². The zero-order valence-electron chi connectivity index (χ0n) is 20.7. The Labute approximate surface area is 221 Å². The van der Waals surface area contributed by atoms with E-state index < -0.39 is 0 Å². The van der Waals surface area contributed by atoms with E-state index in [1.54, 1.807) is 55.6 Å². The molecule has 0 heterocycles. The molecule has 0 aliphatic carbocycles. The molecule has 0 unspecified atom stereocenters. The first kappa shape index (κ1) is 25.9. The van der Waals surface area contributed by atoms with Crippen LogP contribution in [0, 0.1) is 0 Å². The highest BCUT2D eigenvalue weighted by atomic mass is 16.5. The SMILES string of the molecule is COc1ccc(C(=O)c2ccc(O)cc2)cc1.O=C(c1ccc(O)cc1)c1ccc(-c2ccccc2)cc1. The fraction of sp³-hybridized carbons (Fsp3) is 0.0303. The van der Waals surface area contributed by atoms with Crippen LogP contribution in [0.4, 0.5) is 0 Å². The summed E-state index contributed by atoms with van der Waals surface area (Å²) in [5, 5.41) is 18.4. The van der Waals surface area contributed by atoms with E-state index in [-0.39, 0.29) is 23.1 Å². The molecule has 0 aliphatic heterocycles. The maximum absolute atomic E-state index is 12.3. The maximum Gasteiger partial charge on any atom is 0.193 e. The largest absolute Gasteiger partial charge is 0.508 e. The number of aromatic hydroxyl groups is 2. The Morgan fingerprint density at radius 1 is 0.474 bits per heavy atom. The van der Waals surface area contributed by atoms with Gasteiger partial charge in [0.05, 0.1) is 7.11 Å². The molecule has 0 aromatic heterocycles. The van der Waals surface area contributed by atoms with Gasteiger partial charge in [-0.1, -0.05) is 54.6 Å². The third-order valence-electron chi connectivity index (χ3n) is 5.87. The summed E-state index contributed by atoms with van der Waals surface area (Å²) in [7, 11) is 1.58. The van der Waals surface area contributed by atoms with Gasteiger partial charge in [0, 0.05) is 22.3 Å². The first-order valence-corrected chi connectivity index (χ1v) is 11.9. The van der Waals surface area contributed by atoms with Gasteiger partial charge in [-0.15, -0.1) is 0 Å². The van der Waals surface area contributed by atoms with Crippen LogP contribution in [0.1, 0.15) is 31.8 Å². The number of carbonyl (C=O) groups excluding carboxylic acids is 2. The molecule has 0 aliphatic rings. The Hall–Kier alpha value is -5.16. The summed E-state index contributed by atoms with van der Waals surface area (Å²) in [6.45, 7) is 0. The number of phenolic OH excluding ortho intramolecular Hbond substituents is 2. The minimum Gasteiger partial charge on any atom is -0.508 e. The summed E-state index contributed by atoms with van der Waals surface area (Å²) < 4.78 is 5.03. The molecule has 0 radical (unpaired) electrons. The summed E-state index contributed by atoms with van der Waals surface area (Å²) in [4.78, 5) is 24.4. The van der Waals surface area contributed by atoms with Gasteiger partial charge < -0.3 is 14.9 Å². The van der Waals surface area contributed by atoms with Crippen LogP contribution < -0.4 is 4.74 Å². The quantitative estimate of drug-likeness (QED) is 0.246. The molecule has 188 valence electrons. The van der Waals surface area contributed by atoms with E-state index in [0.717, 1.165) is 11.1 Å². The molecule has 0 saturated carbocycles. The highest BCUT2D eigenvalue weighted by molar-refractivity contribution is 6.09. The lowest BCUT2D eigenvalue weighted by atomic mass is 9.99. The third kappa shape index (κ3) is 6.53. The molecule has 0 bridgehead atoms. The first-order valence-electron chi connectivity index (χ1n) is 11.9. The van der Waals surface area contributed by atoms with Gasteiger partial charge in [-0.3, -0.25) is 9.59 Å². The lowest BCUT2D eigenvalue weighted by Crippen LogP contribution is -2.00. The number of ether oxygens (including phenoxy) is 1. The van der Waals surface area contributed by atoms with Crippen LogP contribution in [-0.4, -0.2) is 28.9 Å². The normalized spacial score (nSPS) is 10.1. The Kier molecular flexibility index (Phi) is 8.32. The number of hydrogen-bond acceptors (Lipinski definition) is 5. The number of rotatable bonds is 6. The molecule has 0 saturated heterocycles. The second kappa shape index (κ2) is 12.2. The van der Waals surface area contributed by atoms with Crippen molar-refractivity contribution in [3.63, 3.8) is 0 Å². The second-order valence-corrected chi connectivity index (χ2v) is 8.42. The zero-order valence-corrected chi connectivity index (χ0v) is 20.7. The van der Waals surface area contributed by atoms with Crippen molar-refractivity contribution in [3.8, 4) is 28.4 Å². The molecule has 5 nitrogen and oxygen atoms in total. The highest BCUT2D eigenvalue weighted by Crippen LogP contribution is 2.21. The van der Waals surface area contributed by atoms with Gasteiger partial charge in [-0.05, 0) is 83.9 Å². The Morgan fingerprint density at radius 3 is 1.21 bits per heavy atom. The average Bonchev–Trinajstić information content (AvgIpc) is 2.98. The lowest BCUT2D eigenvalue weighted by molar-refractivity contribution is 0.103. The molecular weight excluding hydrogens is 476 g/mol. The van der Waals surface area contributed by atoms with Crippen molar-refractivity contribution in [3.05, 3.63) is 150 Å². The number of methoxy groups -OCH3 is 1. The van der Waals surface area contributed by atoms with E-state index in [1.165, 1.54) is 24.3 Å². The molecular formula is C33H26O5. The molecule has 0 atom stereocenters. The number of carbonyl (C=O) groups is 2. The van der Waals surface area contributed by atoms with Crippen molar-refractivity contribution >= 4 is 11.6 Å². The van der Waals surface area contributed by atoms with E-state index in [4.69, 9.17) is 9.84 Å². The van der Waals surface area contributed by atoms with Crippen molar-refractivity contribution < 1.29 is 24.5 Å². The van der Waals surface area contributed by atoms with Gasteiger partial charge in [0.15, 0.2) is 11.6 Å². The summed E-state index contributed by atoms with van der Waals surface area (Å²) >= 11 is 0. The Morgan fingerprint density at radius 2 is 0.816 bits per heavy atom. The highest BCUT2D eigenvalue weighted by Gasteiger charge is 2.10. The Balaban J connectivity index is 0.000000181. The minimum absolute atomic E-state index is 0.0467. The summed E-state index contributed by atoms with van der Waals surface area (Å²) in [6.07, 6.45) is 0. The van der Waals surface area contributed by atoms with Crippen molar-refractivity contribution in [1.29, 1.82) is 0 Å². The van der Waals surface area contributed by atoms with E-state index in [2.05, 4.69) is 0 Å². The van der Waals surface area contributed by atoms with Gasteiger partial charge in [0.1, 0.15) is 17.2 Å². The van der Waals surface area contributed by atoms with E-state index >= 15 is 0 Å². The van der Waals surface area contributed by atoms with Crippen molar-refractivity contribution in [2.75, 3.05) is 7.11 Å². The van der Waals surface area contributed by atoms with Crippen LogP contribution in [0.15, 0.2) is 127 Å². The average molecular weight is 503 g/mol. The molecule has 2 N–H and O–H groups in total. The molecule has 0 fully saturated rings. The standard InChI is InChI=1S/C19H14O2.C14H12O3/c20-18-12-10-17(11-13-18)19(21)16-8-6-15(7-9-16)14-4-2-1-3-5-14;1-17-13-8-4-11(5-9-13)14(16)10-2-6-12(15)7-3-10/h1-13,20H;2-9,15H,1H3. The lowest BCUT2D eigenvalue weighted by Gasteiger charge is -2.04. The fourth-order valence-corrected chi connectivity index (χ4v) is 3.75. The van der Waals surface area contributed by atoms with Gasteiger partial charge in [-0.25, -0.2) is 0 Å². The smallest absolute Gasteiger partial charge is 0.193 e. The number of ketones is 2. The minimum atomic E-state index is -0.0762. The molecule has 5 heteroatoms. The van der Waals surface area contributed by atoms with Crippen LogP contribution in [0.3, 0.4) is 0 Å². The predicted octanol–water partition coefficient (Wildman–Crippen LogP) is 6.92. The molecule has 38 heavy (non-hydrogen) atoms. The van der Waals surface area contributed by atoms with Crippen LogP contribution >= 0.6 is 0 Å². The summed E-state index contributed by atoms with van der Waals surface area (Å²) in [5.41, 5.74) is 4.56. The van der Waals surface area contributed by atoms with E-state index in [9.17, 15) is 14.7 Å². The molecule has 5 aromatic rings. The van der Waals surface area contributed by atoms with Crippen LogP contribution in [0.25, 0.3) is 11.1 Å². The summed E-state index contributed by atoms with van der Waals surface area (Å²) in [5.74, 6) is 0.900. The topological polar surface area (TPSA) is 83.8 Å². The van der Waals surface area contributed by atoms with E-state index in [0.29, 0.717) is 28.0 Å². The van der Waals surface area contributed by atoms with Crippen molar-refractivity contribution in [2.45, 2.75) is 0 Å². The summed E-state index contributed by atoms with van der Waals surface area (Å²) in [6, 6.07) is 37.0. The first-order chi connectivity index (χ1) is 18.4. The zero-order chi connectivity index (χ0) is 26.9. The monoisotopic (exact) mass is 502 g/mol. The number of benzene rings is 5. The van der Waals surface area contributed by atoms with Crippen molar-refractivity contribution in [2.24, 2.45) is 0 Å². The molecule has 0 amide bonds. The number of phenols is 2. The molecule has 5 rings (SSSR count). The third-order valence-corrected chi connectivity index (χ3v) is 5.87.